The number of nitrogens with zero attached hydrogens (tertiary/aromatic N) is 2. The molecule has 2 N–H and O–H groups in total. The number of rotatable bonds is 2. The lowest BCUT2D eigenvalue weighted by atomic mass is 10.1. The Morgan fingerprint density at radius 2 is 2.10 bits per heavy atom. The molecule has 0 saturated carbocycles. The van der Waals surface area contributed by atoms with Gasteiger partial charge >= 0.3 is 0 Å². The van der Waals surface area contributed by atoms with Crippen LogP contribution in [0, 0.1) is 6.92 Å². The molecule has 1 aromatic carbocycles. The van der Waals surface area contributed by atoms with Crippen molar-refractivity contribution < 1.29 is 4.42 Å². The average Bonchev–Trinajstić information content (AvgIpc) is 3.08. The molecule has 2 aromatic rings. The van der Waals surface area contributed by atoms with Gasteiger partial charge in [0.1, 0.15) is 11.5 Å². The molecule has 4 nitrogen and oxygen atoms in total. The van der Waals surface area contributed by atoms with Crippen molar-refractivity contribution in [2.45, 2.75) is 13.3 Å². The highest BCUT2D eigenvalue weighted by atomic mass is 32.1. The average molecular weight is 285 g/mol. The summed E-state index contributed by atoms with van der Waals surface area (Å²) >= 11 is 4.92. The third-order valence-electron chi connectivity index (χ3n) is 3.25. The summed E-state index contributed by atoms with van der Waals surface area (Å²) in [6.07, 6.45) is 0.790. The van der Waals surface area contributed by atoms with Gasteiger partial charge < -0.3 is 10.2 Å². The first-order valence-electron chi connectivity index (χ1n) is 6.45. The first-order valence-corrected chi connectivity index (χ1v) is 6.86. The van der Waals surface area contributed by atoms with E-state index in [1.807, 2.05) is 24.3 Å². The standard InChI is InChI=1S/C15H15N3OS/c1-10-3-2-4-11(9-10)13-5-6-14(19-13)12-7-8-18(17-12)15(16)20/h2-6,9H,7-8H2,1H3,(H2,16,20). The zero-order valence-corrected chi connectivity index (χ0v) is 12.0. The van der Waals surface area contributed by atoms with E-state index in [1.54, 1.807) is 5.01 Å². The largest absolute Gasteiger partial charge is 0.455 e. The minimum absolute atomic E-state index is 0.297. The fourth-order valence-electron chi connectivity index (χ4n) is 2.24. The van der Waals surface area contributed by atoms with Crippen molar-refractivity contribution in [3.63, 3.8) is 0 Å². The van der Waals surface area contributed by atoms with Gasteiger partial charge in [-0.2, -0.15) is 5.10 Å². The summed E-state index contributed by atoms with van der Waals surface area (Å²) in [5, 5.41) is 6.29. The number of furan rings is 1. The highest BCUT2D eigenvalue weighted by molar-refractivity contribution is 7.80. The first kappa shape index (κ1) is 12.9. The molecule has 0 atom stereocenters. The second-order valence-electron chi connectivity index (χ2n) is 4.79. The normalized spacial score (nSPS) is 14.4. The number of thiocarbonyl (C=S) groups is 1. The zero-order valence-electron chi connectivity index (χ0n) is 11.2. The number of hydrogen-bond acceptors (Lipinski definition) is 3. The lowest BCUT2D eigenvalue weighted by molar-refractivity contribution is 0.495. The Balaban J connectivity index is 1.88. The molecule has 0 saturated heterocycles. The number of benzene rings is 1. The quantitative estimate of drug-likeness (QED) is 0.862. The Kier molecular flexibility index (Phi) is 3.28. The molecule has 0 amide bonds. The van der Waals surface area contributed by atoms with Gasteiger partial charge in [0.15, 0.2) is 10.9 Å². The van der Waals surface area contributed by atoms with Gasteiger partial charge in [0.25, 0.3) is 0 Å². The predicted molar refractivity (Wildman–Crippen MR) is 83.5 cm³/mol. The van der Waals surface area contributed by atoms with Crippen LogP contribution in [0.25, 0.3) is 11.3 Å². The van der Waals surface area contributed by atoms with Gasteiger partial charge in [-0.05, 0) is 37.3 Å². The molecule has 2 heterocycles. The summed E-state index contributed by atoms with van der Waals surface area (Å²) in [6.45, 7) is 2.78. The topological polar surface area (TPSA) is 54.8 Å². The van der Waals surface area contributed by atoms with Crippen molar-refractivity contribution in [1.29, 1.82) is 0 Å². The SMILES string of the molecule is Cc1cccc(-c2ccc(C3=NN(C(N)=S)CC3)o2)c1. The maximum absolute atomic E-state index is 5.90. The van der Waals surface area contributed by atoms with E-state index in [9.17, 15) is 0 Å². The smallest absolute Gasteiger partial charge is 0.186 e. The van der Waals surface area contributed by atoms with E-state index in [4.69, 9.17) is 22.4 Å². The van der Waals surface area contributed by atoms with E-state index >= 15 is 0 Å². The minimum Gasteiger partial charge on any atom is -0.455 e. The highest BCUT2D eigenvalue weighted by Gasteiger charge is 2.20. The third kappa shape index (κ3) is 2.44. The summed E-state index contributed by atoms with van der Waals surface area (Å²) in [5.41, 5.74) is 8.73. The molecule has 102 valence electrons. The van der Waals surface area contributed by atoms with Crippen LogP contribution >= 0.6 is 12.2 Å². The van der Waals surface area contributed by atoms with Crippen LogP contribution in [0.4, 0.5) is 0 Å². The summed E-state index contributed by atoms with van der Waals surface area (Å²) in [4.78, 5) is 0. The van der Waals surface area contributed by atoms with E-state index in [2.05, 4.69) is 24.2 Å². The van der Waals surface area contributed by atoms with E-state index in [0.29, 0.717) is 11.7 Å². The van der Waals surface area contributed by atoms with Gasteiger partial charge in [0, 0.05) is 18.5 Å². The molecule has 0 unspecified atom stereocenters. The minimum atomic E-state index is 0.297. The maximum Gasteiger partial charge on any atom is 0.186 e. The molecule has 0 aliphatic carbocycles. The van der Waals surface area contributed by atoms with Crippen LogP contribution in [-0.4, -0.2) is 22.4 Å². The summed E-state index contributed by atoms with van der Waals surface area (Å²) in [7, 11) is 0. The predicted octanol–water partition coefficient (Wildman–Crippen LogP) is 2.91. The Hall–Kier alpha value is -2.14. The van der Waals surface area contributed by atoms with Crippen LogP contribution in [0.3, 0.4) is 0 Å². The lowest BCUT2D eigenvalue weighted by Crippen LogP contribution is -2.28. The van der Waals surface area contributed by atoms with Crippen LogP contribution in [-0.2, 0) is 0 Å². The molecule has 20 heavy (non-hydrogen) atoms. The lowest BCUT2D eigenvalue weighted by Gasteiger charge is -2.08. The summed E-state index contributed by atoms with van der Waals surface area (Å²) < 4.78 is 5.90. The van der Waals surface area contributed by atoms with Crippen molar-refractivity contribution in [2.24, 2.45) is 10.8 Å². The number of nitrogens with two attached hydrogens (primary N) is 1. The molecule has 1 aliphatic heterocycles. The van der Waals surface area contributed by atoms with Crippen molar-refractivity contribution in [1.82, 2.24) is 5.01 Å². The Labute approximate surface area is 122 Å². The van der Waals surface area contributed by atoms with Crippen molar-refractivity contribution in [3.8, 4) is 11.3 Å². The van der Waals surface area contributed by atoms with Gasteiger partial charge in [-0.3, -0.25) is 0 Å². The summed E-state index contributed by atoms with van der Waals surface area (Å²) in [6, 6.07) is 12.1. The van der Waals surface area contributed by atoms with E-state index in [-0.39, 0.29) is 0 Å². The van der Waals surface area contributed by atoms with Gasteiger partial charge in [0.05, 0.1) is 0 Å². The molecule has 1 aliphatic rings. The molecule has 0 bridgehead atoms. The van der Waals surface area contributed by atoms with E-state index in [0.717, 1.165) is 29.2 Å². The molecular formula is C15H15N3OS. The monoisotopic (exact) mass is 285 g/mol. The van der Waals surface area contributed by atoms with Crippen molar-refractivity contribution in [2.75, 3.05) is 6.54 Å². The van der Waals surface area contributed by atoms with Crippen LogP contribution in [0.1, 0.15) is 17.7 Å². The maximum atomic E-state index is 5.90. The van der Waals surface area contributed by atoms with Gasteiger partial charge in [0.2, 0.25) is 0 Å². The molecular weight excluding hydrogens is 270 g/mol. The summed E-state index contributed by atoms with van der Waals surface area (Å²) in [5.74, 6) is 1.63. The highest BCUT2D eigenvalue weighted by Crippen LogP contribution is 2.25. The fourth-order valence-corrected chi connectivity index (χ4v) is 2.37. The van der Waals surface area contributed by atoms with Gasteiger partial charge in [-0.25, -0.2) is 5.01 Å². The molecule has 1 aromatic heterocycles. The van der Waals surface area contributed by atoms with Crippen LogP contribution in [0.15, 0.2) is 45.9 Å². The molecule has 0 spiro atoms. The number of aryl methyl sites for hydroxylation is 1. The zero-order chi connectivity index (χ0) is 14.1. The molecule has 3 rings (SSSR count). The fraction of sp³-hybridized carbons (Fsp3) is 0.200. The molecule has 0 radical (unpaired) electrons. The number of hydrazone groups is 1. The van der Waals surface area contributed by atoms with Gasteiger partial charge in [-0.15, -0.1) is 0 Å². The molecule has 5 heteroatoms. The van der Waals surface area contributed by atoms with Crippen molar-refractivity contribution >= 4 is 23.0 Å². The van der Waals surface area contributed by atoms with Crippen LogP contribution in [0.5, 0.6) is 0 Å². The first-order chi connectivity index (χ1) is 9.63. The Bertz CT molecular complexity index is 690. The number of hydrogen-bond donors (Lipinski definition) is 1. The Morgan fingerprint density at radius 1 is 1.30 bits per heavy atom. The van der Waals surface area contributed by atoms with Crippen LogP contribution < -0.4 is 5.73 Å². The van der Waals surface area contributed by atoms with E-state index < -0.39 is 0 Å². The third-order valence-corrected chi connectivity index (χ3v) is 3.46. The Morgan fingerprint density at radius 3 is 2.80 bits per heavy atom. The van der Waals surface area contributed by atoms with Crippen LogP contribution in [0.2, 0.25) is 0 Å². The van der Waals surface area contributed by atoms with E-state index in [1.165, 1.54) is 5.56 Å². The molecule has 0 fully saturated rings. The van der Waals surface area contributed by atoms with Crippen molar-refractivity contribution in [3.05, 3.63) is 47.7 Å². The second kappa shape index (κ2) is 5.09. The van der Waals surface area contributed by atoms with Gasteiger partial charge in [-0.1, -0.05) is 23.8 Å². The second-order valence-corrected chi connectivity index (χ2v) is 5.21.